The summed E-state index contributed by atoms with van der Waals surface area (Å²) in [6, 6.07) is -0.405. The monoisotopic (exact) mass is 328 g/mol. The summed E-state index contributed by atoms with van der Waals surface area (Å²) in [5, 5.41) is 14.0. The van der Waals surface area contributed by atoms with Crippen LogP contribution >= 0.6 is 0 Å². The molecule has 2 amide bonds. The number of urea groups is 1. The average Bonchev–Trinajstić information content (AvgIpc) is 2.49. The number of amides is 2. The zero-order valence-electron chi connectivity index (χ0n) is 14.5. The maximum absolute atomic E-state index is 11.6. The van der Waals surface area contributed by atoms with Crippen molar-refractivity contribution >= 4 is 17.8 Å². The first-order valence-electron chi connectivity index (χ1n) is 8.73. The van der Waals surface area contributed by atoms with Gasteiger partial charge in [-0.1, -0.05) is 26.2 Å². The molecule has 0 aliphatic heterocycles. The molecule has 1 atom stereocenters. The van der Waals surface area contributed by atoms with Gasteiger partial charge in [-0.25, -0.2) is 4.79 Å². The van der Waals surface area contributed by atoms with Gasteiger partial charge in [0.25, 0.3) is 0 Å². The van der Waals surface area contributed by atoms with Gasteiger partial charge in [0.15, 0.2) is 0 Å². The first-order chi connectivity index (χ1) is 11.0. The second kappa shape index (κ2) is 14.0. The number of rotatable bonds is 14. The van der Waals surface area contributed by atoms with Crippen molar-refractivity contribution in [2.24, 2.45) is 0 Å². The molecule has 3 N–H and O–H groups in total. The summed E-state index contributed by atoms with van der Waals surface area (Å²) in [4.78, 5) is 33.5. The standard InChI is InChI=1S/C17H32N2O4/c1-3-4-9-15(20)10-7-5-6-8-13-18-17(23)19-14(2)11-12-16(21)22/h14H,3-13H2,1-2H3,(H,21,22)(H2,18,19,23). The fourth-order valence-corrected chi connectivity index (χ4v) is 2.19. The van der Waals surface area contributed by atoms with Crippen molar-refractivity contribution in [3.05, 3.63) is 0 Å². The lowest BCUT2D eigenvalue weighted by Gasteiger charge is -2.13. The van der Waals surface area contributed by atoms with Gasteiger partial charge in [0.2, 0.25) is 0 Å². The Kier molecular flexibility index (Phi) is 13.1. The lowest BCUT2D eigenvalue weighted by Crippen LogP contribution is -2.41. The first kappa shape index (κ1) is 21.4. The van der Waals surface area contributed by atoms with E-state index < -0.39 is 5.97 Å². The third-order valence-corrected chi connectivity index (χ3v) is 3.65. The molecule has 0 heterocycles. The van der Waals surface area contributed by atoms with E-state index >= 15 is 0 Å². The maximum atomic E-state index is 11.6. The van der Waals surface area contributed by atoms with E-state index in [1.54, 1.807) is 6.92 Å². The highest BCUT2D eigenvalue weighted by molar-refractivity contribution is 5.78. The molecule has 0 saturated heterocycles. The summed E-state index contributed by atoms with van der Waals surface area (Å²) >= 11 is 0. The van der Waals surface area contributed by atoms with Gasteiger partial charge in [-0.15, -0.1) is 0 Å². The summed E-state index contributed by atoms with van der Waals surface area (Å²) in [6.45, 7) is 4.47. The van der Waals surface area contributed by atoms with Crippen LogP contribution in [0.2, 0.25) is 0 Å². The normalized spacial score (nSPS) is 11.7. The molecule has 0 aromatic heterocycles. The van der Waals surface area contributed by atoms with Crippen molar-refractivity contribution in [3.63, 3.8) is 0 Å². The second-order valence-corrected chi connectivity index (χ2v) is 6.04. The van der Waals surface area contributed by atoms with Gasteiger partial charge >= 0.3 is 12.0 Å². The van der Waals surface area contributed by atoms with Gasteiger partial charge in [0, 0.05) is 31.8 Å². The van der Waals surface area contributed by atoms with Crippen LogP contribution in [0.5, 0.6) is 0 Å². The molecule has 0 aliphatic rings. The summed E-state index contributed by atoms with van der Waals surface area (Å²) in [5.74, 6) is -0.494. The van der Waals surface area contributed by atoms with Crippen LogP contribution in [0.15, 0.2) is 0 Å². The lowest BCUT2D eigenvalue weighted by molar-refractivity contribution is -0.137. The van der Waals surface area contributed by atoms with Crippen LogP contribution in [0.3, 0.4) is 0 Å². The Hall–Kier alpha value is -1.59. The van der Waals surface area contributed by atoms with Gasteiger partial charge in [-0.3, -0.25) is 9.59 Å². The summed E-state index contributed by atoms with van der Waals surface area (Å²) in [6.07, 6.45) is 7.74. The molecule has 1 unspecified atom stereocenters. The van der Waals surface area contributed by atoms with Crippen LogP contribution in [0.1, 0.15) is 78.1 Å². The van der Waals surface area contributed by atoms with E-state index in [1.165, 1.54) is 0 Å². The van der Waals surface area contributed by atoms with Crippen molar-refractivity contribution in [1.29, 1.82) is 0 Å². The van der Waals surface area contributed by atoms with E-state index in [-0.39, 0.29) is 18.5 Å². The Morgan fingerprint density at radius 3 is 2.26 bits per heavy atom. The summed E-state index contributed by atoms with van der Waals surface area (Å²) in [7, 11) is 0. The number of ketones is 1. The number of hydrogen-bond acceptors (Lipinski definition) is 3. The zero-order valence-corrected chi connectivity index (χ0v) is 14.5. The molecule has 0 rings (SSSR count). The number of unbranched alkanes of at least 4 members (excludes halogenated alkanes) is 4. The van der Waals surface area contributed by atoms with E-state index in [2.05, 4.69) is 17.6 Å². The Morgan fingerprint density at radius 2 is 1.61 bits per heavy atom. The van der Waals surface area contributed by atoms with Crippen molar-refractivity contribution < 1.29 is 19.5 Å². The highest BCUT2D eigenvalue weighted by Crippen LogP contribution is 2.06. The molecular formula is C17H32N2O4. The highest BCUT2D eigenvalue weighted by Gasteiger charge is 2.08. The van der Waals surface area contributed by atoms with Gasteiger partial charge in [0.1, 0.15) is 5.78 Å². The highest BCUT2D eigenvalue weighted by atomic mass is 16.4. The van der Waals surface area contributed by atoms with Crippen molar-refractivity contribution in [3.8, 4) is 0 Å². The van der Waals surface area contributed by atoms with Gasteiger partial charge < -0.3 is 15.7 Å². The van der Waals surface area contributed by atoms with Gasteiger partial charge in [-0.2, -0.15) is 0 Å². The second-order valence-electron chi connectivity index (χ2n) is 6.04. The van der Waals surface area contributed by atoms with Crippen molar-refractivity contribution in [2.75, 3.05) is 6.54 Å². The van der Waals surface area contributed by atoms with Gasteiger partial charge in [0.05, 0.1) is 0 Å². The molecule has 0 fully saturated rings. The number of carboxylic acid groups (broad SMARTS) is 1. The Bertz CT molecular complexity index is 359. The van der Waals surface area contributed by atoms with Crippen LogP contribution < -0.4 is 10.6 Å². The van der Waals surface area contributed by atoms with Crippen LogP contribution in [0.4, 0.5) is 4.79 Å². The molecule has 0 spiro atoms. The number of carbonyl (C=O) groups excluding carboxylic acids is 2. The van der Waals surface area contributed by atoms with Gasteiger partial charge in [-0.05, 0) is 32.6 Å². The van der Waals surface area contributed by atoms with E-state index in [1.807, 2.05) is 0 Å². The number of nitrogens with one attached hydrogen (secondary N) is 2. The molecule has 23 heavy (non-hydrogen) atoms. The predicted octanol–water partition coefficient (Wildman–Crippen LogP) is 3.25. The first-order valence-corrected chi connectivity index (χ1v) is 8.73. The minimum absolute atomic E-state index is 0.0540. The van der Waals surface area contributed by atoms with Crippen LogP contribution in [-0.2, 0) is 9.59 Å². The largest absolute Gasteiger partial charge is 0.481 e. The molecule has 6 nitrogen and oxygen atoms in total. The topological polar surface area (TPSA) is 95.5 Å². The number of hydrogen-bond donors (Lipinski definition) is 3. The molecule has 6 heteroatoms. The van der Waals surface area contributed by atoms with Crippen molar-refractivity contribution in [2.45, 2.75) is 84.1 Å². The number of Topliss-reactive ketones (excluding diaryl/α,β-unsaturated/α-hetero) is 1. The lowest BCUT2D eigenvalue weighted by atomic mass is 10.1. The Morgan fingerprint density at radius 1 is 0.957 bits per heavy atom. The predicted molar refractivity (Wildman–Crippen MR) is 90.5 cm³/mol. The summed E-state index contributed by atoms with van der Waals surface area (Å²) < 4.78 is 0. The molecule has 134 valence electrons. The van der Waals surface area contributed by atoms with E-state index in [9.17, 15) is 14.4 Å². The zero-order chi connectivity index (χ0) is 17.5. The number of carbonyl (C=O) groups is 3. The fraction of sp³-hybridized carbons (Fsp3) is 0.824. The van der Waals surface area contributed by atoms with Crippen LogP contribution in [-0.4, -0.2) is 35.5 Å². The maximum Gasteiger partial charge on any atom is 0.314 e. The van der Waals surface area contributed by atoms with E-state index in [0.717, 1.165) is 38.5 Å². The smallest absolute Gasteiger partial charge is 0.314 e. The molecule has 0 radical (unpaired) electrons. The molecule has 0 saturated carbocycles. The SMILES string of the molecule is CCCCC(=O)CCCCCCNC(=O)NC(C)CCC(=O)O. The summed E-state index contributed by atoms with van der Waals surface area (Å²) in [5.41, 5.74) is 0. The number of carboxylic acids is 1. The minimum Gasteiger partial charge on any atom is -0.481 e. The van der Waals surface area contributed by atoms with Crippen LogP contribution in [0, 0.1) is 0 Å². The third kappa shape index (κ3) is 15.1. The number of aliphatic carboxylic acids is 1. The molecular weight excluding hydrogens is 296 g/mol. The minimum atomic E-state index is -0.854. The Balaban J connectivity index is 3.45. The quantitative estimate of drug-likeness (QED) is 0.426. The van der Waals surface area contributed by atoms with E-state index in [4.69, 9.17) is 5.11 Å². The Labute approximate surface area is 139 Å². The molecule has 0 aromatic rings. The van der Waals surface area contributed by atoms with Crippen molar-refractivity contribution in [1.82, 2.24) is 10.6 Å². The third-order valence-electron chi connectivity index (χ3n) is 3.65. The fourth-order valence-electron chi connectivity index (χ4n) is 2.19. The molecule has 0 aliphatic carbocycles. The van der Waals surface area contributed by atoms with Crippen LogP contribution in [0.25, 0.3) is 0 Å². The molecule has 0 aromatic carbocycles. The molecule has 0 bridgehead atoms. The van der Waals surface area contributed by atoms with E-state index in [0.29, 0.717) is 31.6 Å². The average molecular weight is 328 g/mol.